The van der Waals surface area contributed by atoms with Gasteiger partial charge in [-0.25, -0.2) is 4.98 Å². The van der Waals surface area contributed by atoms with Crippen molar-refractivity contribution in [2.45, 2.75) is 12.7 Å². The van der Waals surface area contributed by atoms with E-state index >= 15 is 0 Å². The van der Waals surface area contributed by atoms with Crippen molar-refractivity contribution in [3.63, 3.8) is 0 Å². The fourth-order valence-corrected chi connectivity index (χ4v) is 2.88. The number of hydrogen-bond donors (Lipinski definition) is 1. The number of alkyl halides is 3. The average Bonchev–Trinajstić information content (AvgIpc) is 3.11. The first-order valence-electron chi connectivity index (χ1n) is 7.40. The van der Waals surface area contributed by atoms with Crippen LogP contribution in [0.3, 0.4) is 0 Å². The van der Waals surface area contributed by atoms with E-state index in [0.29, 0.717) is 18.0 Å². The zero-order valence-corrected chi connectivity index (χ0v) is 14.0. The number of rotatable bonds is 4. The van der Waals surface area contributed by atoms with E-state index in [0.717, 1.165) is 21.2 Å². The number of pyridine rings is 1. The Morgan fingerprint density at radius 2 is 1.88 bits per heavy atom. The molecule has 0 fully saturated rings. The lowest BCUT2D eigenvalue weighted by molar-refractivity contribution is -0.138. The molecule has 3 rings (SSSR count). The van der Waals surface area contributed by atoms with Gasteiger partial charge in [-0.05, 0) is 30.3 Å². The van der Waals surface area contributed by atoms with Gasteiger partial charge in [0.2, 0.25) is 5.91 Å². The van der Waals surface area contributed by atoms with Crippen molar-refractivity contribution in [2.75, 3.05) is 5.32 Å². The van der Waals surface area contributed by atoms with Gasteiger partial charge in [-0.3, -0.25) is 9.59 Å². The average molecular weight is 379 g/mol. The van der Waals surface area contributed by atoms with Crippen molar-refractivity contribution in [2.24, 2.45) is 0 Å². The lowest BCUT2D eigenvalue weighted by atomic mass is 10.2. The highest BCUT2D eigenvalue weighted by Gasteiger charge is 2.31. The fourth-order valence-electron chi connectivity index (χ4n) is 2.24. The molecule has 26 heavy (non-hydrogen) atoms. The van der Waals surface area contributed by atoms with Crippen LogP contribution in [0.4, 0.5) is 18.9 Å². The van der Waals surface area contributed by atoms with Gasteiger partial charge in [0, 0.05) is 35.1 Å². The first-order chi connectivity index (χ1) is 12.3. The second-order valence-electron chi connectivity index (χ2n) is 5.34. The number of nitrogens with one attached hydrogen (secondary N) is 1. The van der Waals surface area contributed by atoms with Crippen LogP contribution in [-0.4, -0.2) is 15.5 Å². The topological polar surface area (TPSA) is 64.0 Å². The molecule has 0 bridgehead atoms. The summed E-state index contributed by atoms with van der Waals surface area (Å²) >= 11 is 1.47. The lowest BCUT2D eigenvalue weighted by Crippen LogP contribution is -2.28. The number of hydrogen-bond acceptors (Lipinski definition) is 4. The maximum atomic E-state index is 12.7. The quantitative estimate of drug-likeness (QED) is 0.753. The molecule has 0 unspecified atom stereocenters. The van der Waals surface area contributed by atoms with Crippen LogP contribution in [0.15, 0.2) is 59.0 Å². The summed E-state index contributed by atoms with van der Waals surface area (Å²) in [5, 5.41) is 5.23. The number of halogens is 3. The van der Waals surface area contributed by atoms with Crippen molar-refractivity contribution in [1.82, 2.24) is 9.55 Å². The SMILES string of the molecule is O=C(Cn1cc(C(F)(F)F)ccc1=O)Nc1ccc(-c2nccs2)cc1. The Morgan fingerprint density at radius 1 is 1.15 bits per heavy atom. The van der Waals surface area contributed by atoms with Gasteiger partial charge in [0.15, 0.2) is 0 Å². The van der Waals surface area contributed by atoms with E-state index in [1.54, 1.807) is 30.5 Å². The smallest absolute Gasteiger partial charge is 0.325 e. The number of aromatic nitrogens is 2. The van der Waals surface area contributed by atoms with E-state index in [2.05, 4.69) is 10.3 Å². The first kappa shape index (κ1) is 17.9. The highest BCUT2D eigenvalue weighted by atomic mass is 32.1. The monoisotopic (exact) mass is 379 g/mol. The van der Waals surface area contributed by atoms with Crippen molar-refractivity contribution in [1.29, 1.82) is 0 Å². The van der Waals surface area contributed by atoms with Crippen LogP contribution in [0.1, 0.15) is 5.56 Å². The molecule has 1 aromatic carbocycles. The van der Waals surface area contributed by atoms with Gasteiger partial charge in [-0.1, -0.05) is 0 Å². The Labute approximate surface area is 149 Å². The van der Waals surface area contributed by atoms with E-state index < -0.39 is 29.8 Å². The van der Waals surface area contributed by atoms with E-state index in [9.17, 15) is 22.8 Å². The highest BCUT2D eigenvalue weighted by Crippen LogP contribution is 2.28. The fraction of sp³-hybridized carbons (Fsp3) is 0.118. The zero-order valence-electron chi connectivity index (χ0n) is 13.2. The number of anilines is 1. The number of carbonyl (C=O) groups is 1. The molecule has 134 valence electrons. The Balaban J connectivity index is 1.70. The molecule has 2 heterocycles. The first-order valence-corrected chi connectivity index (χ1v) is 8.28. The summed E-state index contributed by atoms with van der Waals surface area (Å²) in [4.78, 5) is 27.9. The Bertz CT molecular complexity index is 964. The van der Waals surface area contributed by atoms with Gasteiger partial charge in [-0.2, -0.15) is 13.2 Å². The van der Waals surface area contributed by atoms with Crippen LogP contribution in [0, 0.1) is 0 Å². The van der Waals surface area contributed by atoms with Gasteiger partial charge < -0.3 is 9.88 Å². The summed E-state index contributed by atoms with van der Waals surface area (Å²) in [6.45, 7) is -0.517. The summed E-state index contributed by atoms with van der Waals surface area (Å²) in [5.41, 5.74) is -0.326. The third-order valence-corrected chi connectivity index (χ3v) is 4.29. The molecule has 3 aromatic rings. The van der Waals surface area contributed by atoms with Gasteiger partial charge in [0.05, 0.1) is 5.56 Å². The minimum absolute atomic E-state index is 0.468. The predicted molar refractivity (Wildman–Crippen MR) is 91.9 cm³/mol. The molecule has 1 amide bonds. The molecule has 5 nitrogen and oxygen atoms in total. The minimum atomic E-state index is -4.59. The van der Waals surface area contributed by atoms with Crippen LogP contribution >= 0.6 is 11.3 Å². The Hall–Kier alpha value is -2.94. The van der Waals surface area contributed by atoms with Gasteiger partial charge in [0.25, 0.3) is 5.56 Å². The Kier molecular flexibility index (Phi) is 4.90. The minimum Gasteiger partial charge on any atom is -0.325 e. The molecule has 0 aliphatic heterocycles. The largest absolute Gasteiger partial charge is 0.417 e. The predicted octanol–water partition coefficient (Wildman–Crippen LogP) is 3.63. The maximum Gasteiger partial charge on any atom is 0.417 e. The molecule has 0 radical (unpaired) electrons. The van der Waals surface area contributed by atoms with Crippen molar-refractivity contribution in [3.8, 4) is 10.6 Å². The number of thiazole rings is 1. The maximum absolute atomic E-state index is 12.7. The van der Waals surface area contributed by atoms with Crippen LogP contribution in [-0.2, 0) is 17.5 Å². The van der Waals surface area contributed by atoms with E-state index in [1.807, 2.05) is 5.38 Å². The third-order valence-electron chi connectivity index (χ3n) is 3.47. The normalized spacial score (nSPS) is 11.3. The van der Waals surface area contributed by atoms with Crippen molar-refractivity contribution >= 4 is 22.9 Å². The zero-order chi connectivity index (χ0) is 18.7. The number of carbonyl (C=O) groups excluding carboxylic acids is 1. The van der Waals surface area contributed by atoms with E-state index in [4.69, 9.17) is 0 Å². The van der Waals surface area contributed by atoms with Crippen LogP contribution in [0.5, 0.6) is 0 Å². The van der Waals surface area contributed by atoms with Gasteiger partial charge >= 0.3 is 6.18 Å². The molecule has 0 saturated carbocycles. The highest BCUT2D eigenvalue weighted by molar-refractivity contribution is 7.13. The number of amides is 1. The summed E-state index contributed by atoms with van der Waals surface area (Å²) < 4.78 is 38.9. The van der Waals surface area contributed by atoms with Gasteiger partial charge in [-0.15, -0.1) is 11.3 Å². The molecular weight excluding hydrogens is 367 g/mol. The second kappa shape index (κ2) is 7.12. The van der Waals surface area contributed by atoms with Gasteiger partial charge in [0.1, 0.15) is 11.6 Å². The van der Waals surface area contributed by atoms with Crippen molar-refractivity contribution in [3.05, 3.63) is 70.1 Å². The molecule has 0 atom stereocenters. The van der Waals surface area contributed by atoms with E-state index in [-0.39, 0.29) is 0 Å². The summed E-state index contributed by atoms with van der Waals surface area (Å²) in [7, 11) is 0. The standard InChI is InChI=1S/C17H12F3N3O2S/c18-17(19,20)12-3-6-15(25)23(9-12)10-14(24)22-13-4-1-11(2-5-13)16-21-7-8-26-16/h1-9H,10H2,(H,22,24). The lowest BCUT2D eigenvalue weighted by Gasteiger charge is -2.11. The van der Waals surface area contributed by atoms with Crippen LogP contribution in [0.25, 0.3) is 10.6 Å². The van der Waals surface area contributed by atoms with Crippen LogP contribution in [0.2, 0.25) is 0 Å². The molecular formula is C17H12F3N3O2S. The Morgan fingerprint density at radius 3 is 2.50 bits per heavy atom. The molecule has 0 aliphatic carbocycles. The van der Waals surface area contributed by atoms with Crippen molar-refractivity contribution < 1.29 is 18.0 Å². The summed E-state index contributed by atoms with van der Waals surface area (Å²) in [6, 6.07) is 8.33. The molecule has 0 saturated heterocycles. The molecule has 9 heteroatoms. The number of nitrogens with zero attached hydrogens (tertiary/aromatic N) is 2. The molecule has 0 aliphatic rings. The summed E-state index contributed by atoms with van der Waals surface area (Å²) in [5.74, 6) is -0.603. The molecule has 1 N–H and O–H groups in total. The summed E-state index contributed by atoms with van der Waals surface area (Å²) in [6.07, 6.45) is -2.27. The van der Waals surface area contributed by atoms with Crippen LogP contribution < -0.4 is 10.9 Å². The molecule has 2 aromatic heterocycles. The second-order valence-corrected chi connectivity index (χ2v) is 6.24. The third kappa shape index (κ3) is 4.17. The number of benzene rings is 1. The van der Waals surface area contributed by atoms with E-state index in [1.165, 1.54) is 11.3 Å². The molecule has 0 spiro atoms.